The lowest BCUT2D eigenvalue weighted by Crippen LogP contribution is -2.40. The van der Waals surface area contributed by atoms with E-state index in [1.165, 1.54) is 13.2 Å². The van der Waals surface area contributed by atoms with Crippen LogP contribution >= 0.6 is 0 Å². The minimum atomic E-state index is -0.524. The number of benzene rings is 1. The predicted molar refractivity (Wildman–Crippen MR) is 78.5 cm³/mol. The third-order valence-electron chi connectivity index (χ3n) is 3.97. The summed E-state index contributed by atoms with van der Waals surface area (Å²) in [6.07, 6.45) is 1.02. The van der Waals surface area contributed by atoms with Gasteiger partial charge in [-0.05, 0) is 25.8 Å². The van der Waals surface area contributed by atoms with Crippen LogP contribution in [0.15, 0.2) is 18.2 Å². The Morgan fingerprint density at radius 3 is 2.50 bits per heavy atom. The number of likely N-dealkylation sites (tertiary alicyclic amines) is 1. The molecule has 0 spiro atoms. The molecule has 1 aromatic rings. The molecular formula is C15H18N2O5. The van der Waals surface area contributed by atoms with E-state index in [2.05, 4.69) is 0 Å². The Labute approximate surface area is 128 Å². The summed E-state index contributed by atoms with van der Waals surface area (Å²) in [7, 11) is 1.34. The number of esters is 1. The zero-order valence-electron chi connectivity index (χ0n) is 12.6. The number of nitrogens with zero attached hydrogens (tertiary/aromatic N) is 2. The molecule has 0 aliphatic carbocycles. The quantitative estimate of drug-likeness (QED) is 0.483. The first kappa shape index (κ1) is 15.9. The second kappa shape index (κ2) is 6.55. The molecule has 0 saturated carbocycles. The Balaban J connectivity index is 2.16. The standard InChI is InChI=1S/C15H18N2O5/c1-10-4-3-5-12(13(10)17(20)21)14(18)16-8-6-11(7-9-16)15(19)22-2/h3-5,11H,6-9H2,1-2H3. The van der Waals surface area contributed by atoms with Crippen LogP contribution in [0.2, 0.25) is 0 Å². The van der Waals surface area contributed by atoms with Crippen LogP contribution in [0.25, 0.3) is 0 Å². The van der Waals surface area contributed by atoms with Crippen LogP contribution in [0.5, 0.6) is 0 Å². The first-order valence-electron chi connectivity index (χ1n) is 7.06. The minimum absolute atomic E-state index is 0.0986. The van der Waals surface area contributed by atoms with Gasteiger partial charge in [0.05, 0.1) is 18.0 Å². The number of amides is 1. The third-order valence-corrected chi connectivity index (χ3v) is 3.97. The molecule has 0 unspecified atom stereocenters. The average Bonchev–Trinajstić information content (AvgIpc) is 2.53. The van der Waals surface area contributed by atoms with Crippen LogP contribution < -0.4 is 0 Å². The van der Waals surface area contributed by atoms with E-state index in [4.69, 9.17) is 4.74 Å². The average molecular weight is 306 g/mol. The SMILES string of the molecule is COC(=O)C1CCN(C(=O)c2cccc(C)c2[N+](=O)[O-])CC1. The van der Waals surface area contributed by atoms with Crippen molar-refractivity contribution in [3.63, 3.8) is 0 Å². The van der Waals surface area contributed by atoms with Gasteiger partial charge in [0.25, 0.3) is 11.6 Å². The van der Waals surface area contributed by atoms with E-state index in [-0.39, 0.29) is 29.0 Å². The van der Waals surface area contributed by atoms with Crippen molar-refractivity contribution in [3.8, 4) is 0 Å². The number of nitro groups is 1. The zero-order chi connectivity index (χ0) is 16.3. The highest BCUT2D eigenvalue weighted by Gasteiger charge is 2.31. The Morgan fingerprint density at radius 1 is 1.32 bits per heavy atom. The molecule has 2 rings (SSSR count). The lowest BCUT2D eigenvalue weighted by atomic mass is 9.96. The van der Waals surface area contributed by atoms with Crippen molar-refractivity contribution in [2.24, 2.45) is 5.92 Å². The lowest BCUT2D eigenvalue weighted by molar-refractivity contribution is -0.385. The summed E-state index contributed by atoms with van der Waals surface area (Å²) in [6.45, 7) is 2.39. The number of para-hydroxylation sites is 1. The highest BCUT2D eigenvalue weighted by Crippen LogP contribution is 2.26. The first-order chi connectivity index (χ1) is 10.5. The van der Waals surface area contributed by atoms with Gasteiger partial charge in [-0.2, -0.15) is 0 Å². The molecule has 1 aliphatic rings. The molecule has 1 heterocycles. The summed E-state index contributed by atoms with van der Waals surface area (Å²) in [5.41, 5.74) is 0.407. The van der Waals surface area contributed by atoms with Crippen molar-refractivity contribution >= 4 is 17.6 Å². The largest absolute Gasteiger partial charge is 0.469 e. The Hall–Kier alpha value is -2.44. The number of carbonyl (C=O) groups excluding carboxylic acids is 2. The fourth-order valence-corrected chi connectivity index (χ4v) is 2.73. The molecule has 1 aliphatic heterocycles. The lowest BCUT2D eigenvalue weighted by Gasteiger charge is -2.30. The van der Waals surface area contributed by atoms with Crippen molar-refractivity contribution in [1.29, 1.82) is 0 Å². The molecule has 1 saturated heterocycles. The molecule has 0 atom stereocenters. The van der Waals surface area contributed by atoms with Gasteiger partial charge in [0.2, 0.25) is 0 Å². The predicted octanol–water partition coefficient (Wildman–Crippen LogP) is 1.93. The summed E-state index contributed by atoms with van der Waals surface area (Å²) in [5, 5.41) is 11.2. The van der Waals surface area contributed by atoms with E-state index < -0.39 is 4.92 Å². The fraction of sp³-hybridized carbons (Fsp3) is 0.467. The summed E-state index contributed by atoms with van der Waals surface area (Å²) in [6, 6.07) is 4.72. The molecule has 118 valence electrons. The van der Waals surface area contributed by atoms with Gasteiger partial charge in [0.15, 0.2) is 0 Å². The van der Waals surface area contributed by atoms with E-state index >= 15 is 0 Å². The first-order valence-corrected chi connectivity index (χ1v) is 7.06. The molecule has 1 fully saturated rings. The van der Waals surface area contributed by atoms with Gasteiger partial charge in [-0.3, -0.25) is 19.7 Å². The zero-order valence-corrected chi connectivity index (χ0v) is 12.6. The van der Waals surface area contributed by atoms with Crippen LogP contribution in [0.4, 0.5) is 5.69 Å². The fourth-order valence-electron chi connectivity index (χ4n) is 2.73. The Kier molecular flexibility index (Phi) is 4.75. The van der Waals surface area contributed by atoms with E-state index in [1.807, 2.05) is 0 Å². The van der Waals surface area contributed by atoms with E-state index in [1.54, 1.807) is 24.0 Å². The molecule has 1 aromatic carbocycles. The summed E-state index contributed by atoms with van der Waals surface area (Å²) >= 11 is 0. The number of ether oxygens (including phenoxy) is 1. The van der Waals surface area contributed by atoms with Crippen LogP contribution in [0.1, 0.15) is 28.8 Å². The number of methoxy groups -OCH3 is 1. The van der Waals surface area contributed by atoms with Crippen molar-refractivity contribution in [1.82, 2.24) is 4.90 Å². The molecule has 7 nitrogen and oxygen atoms in total. The number of rotatable bonds is 3. The van der Waals surface area contributed by atoms with E-state index in [9.17, 15) is 19.7 Å². The summed E-state index contributed by atoms with van der Waals surface area (Å²) in [5.74, 6) is -0.839. The van der Waals surface area contributed by atoms with Crippen molar-refractivity contribution in [2.45, 2.75) is 19.8 Å². The van der Waals surface area contributed by atoms with Crippen LogP contribution in [0.3, 0.4) is 0 Å². The van der Waals surface area contributed by atoms with Crippen LogP contribution in [0, 0.1) is 23.0 Å². The smallest absolute Gasteiger partial charge is 0.308 e. The topological polar surface area (TPSA) is 89.8 Å². The second-order valence-corrected chi connectivity index (χ2v) is 5.32. The van der Waals surface area contributed by atoms with Gasteiger partial charge in [0, 0.05) is 18.7 Å². The van der Waals surface area contributed by atoms with E-state index in [0.29, 0.717) is 31.5 Å². The van der Waals surface area contributed by atoms with E-state index in [0.717, 1.165) is 0 Å². The van der Waals surface area contributed by atoms with Gasteiger partial charge in [-0.15, -0.1) is 0 Å². The Bertz CT molecular complexity index is 606. The molecule has 0 N–H and O–H groups in total. The second-order valence-electron chi connectivity index (χ2n) is 5.32. The maximum absolute atomic E-state index is 12.5. The van der Waals surface area contributed by atoms with Crippen molar-refractivity contribution < 1.29 is 19.2 Å². The number of piperidine rings is 1. The molecule has 0 aromatic heterocycles. The maximum Gasteiger partial charge on any atom is 0.308 e. The minimum Gasteiger partial charge on any atom is -0.469 e. The van der Waals surface area contributed by atoms with Gasteiger partial charge in [-0.25, -0.2) is 0 Å². The number of hydrogen-bond donors (Lipinski definition) is 0. The molecule has 1 amide bonds. The van der Waals surface area contributed by atoms with Crippen LogP contribution in [-0.4, -0.2) is 41.9 Å². The number of aryl methyl sites for hydroxylation is 1. The third kappa shape index (κ3) is 3.08. The normalized spacial score (nSPS) is 15.5. The van der Waals surface area contributed by atoms with Crippen LogP contribution in [-0.2, 0) is 9.53 Å². The number of carbonyl (C=O) groups is 2. The summed E-state index contributed by atoms with van der Waals surface area (Å²) in [4.78, 5) is 36.2. The molecule has 7 heteroatoms. The highest BCUT2D eigenvalue weighted by atomic mass is 16.6. The molecule has 0 bridgehead atoms. The Morgan fingerprint density at radius 2 is 1.95 bits per heavy atom. The number of hydrogen-bond acceptors (Lipinski definition) is 5. The van der Waals surface area contributed by atoms with Gasteiger partial charge in [-0.1, -0.05) is 12.1 Å². The number of nitro benzene ring substituents is 1. The molecular weight excluding hydrogens is 288 g/mol. The highest BCUT2D eigenvalue weighted by molar-refractivity contribution is 5.98. The van der Waals surface area contributed by atoms with Gasteiger partial charge in [0.1, 0.15) is 5.56 Å². The van der Waals surface area contributed by atoms with Crippen molar-refractivity contribution in [3.05, 3.63) is 39.4 Å². The van der Waals surface area contributed by atoms with Gasteiger partial charge >= 0.3 is 5.97 Å². The van der Waals surface area contributed by atoms with Gasteiger partial charge < -0.3 is 9.64 Å². The summed E-state index contributed by atoms with van der Waals surface area (Å²) < 4.78 is 4.70. The molecule has 0 radical (unpaired) electrons. The maximum atomic E-state index is 12.5. The molecule has 22 heavy (non-hydrogen) atoms. The van der Waals surface area contributed by atoms with Crippen molar-refractivity contribution in [2.75, 3.05) is 20.2 Å². The monoisotopic (exact) mass is 306 g/mol.